The average molecular weight is 482 g/mol. The Hall–Kier alpha value is -4.73. The Labute approximate surface area is 206 Å². The van der Waals surface area contributed by atoms with Crippen molar-refractivity contribution in [1.82, 2.24) is 18.9 Å². The summed E-state index contributed by atoms with van der Waals surface area (Å²) < 4.78 is 21.7. The van der Waals surface area contributed by atoms with E-state index in [1.54, 1.807) is 0 Å². The molecule has 10 heteroatoms. The van der Waals surface area contributed by atoms with Crippen molar-refractivity contribution in [2.45, 2.75) is 19.2 Å². The summed E-state index contributed by atoms with van der Waals surface area (Å²) in [6.07, 6.45) is 4.39. The zero-order valence-electron chi connectivity index (χ0n) is 19.3. The first kappa shape index (κ1) is 20.6. The van der Waals surface area contributed by atoms with Gasteiger partial charge in [0.2, 0.25) is 5.95 Å². The first-order valence-electron chi connectivity index (χ1n) is 11.8. The predicted octanol–water partition coefficient (Wildman–Crippen LogP) is 3.71. The maximum absolute atomic E-state index is 6.12. The molecule has 0 fully saturated rings. The van der Waals surface area contributed by atoms with E-state index in [0.717, 1.165) is 40.1 Å². The molecule has 1 atom stereocenters. The normalized spacial score (nSPS) is 16.8. The maximum atomic E-state index is 6.12. The summed E-state index contributed by atoms with van der Waals surface area (Å²) >= 11 is 0. The number of hydrogen-bond donors (Lipinski definition) is 2. The number of fused-ring (bicyclic) bond motifs is 5. The van der Waals surface area contributed by atoms with Gasteiger partial charge in [0.05, 0.1) is 29.9 Å². The Morgan fingerprint density at radius 3 is 2.69 bits per heavy atom. The van der Waals surface area contributed by atoms with Crippen LogP contribution in [0.4, 0.5) is 5.95 Å². The van der Waals surface area contributed by atoms with Crippen LogP contribution < -0.4 is 25.3 Å². The molecule has 2 aromatic carbocycles. The topological polar surface area (TPSA) is 113 Å². The molecule has 5 aromatic rings. The fourth-order valence-electron chi connectivity index (χ4n) is 4.60. The molecular formula is C26H23N7O3. The van der Waals surface area contributed by atoms with Gasteiger partial charge in [-0.05, 0) is 29.8 Å². The zero-order valence-corrected chi connectivity index (χ0v) is 19.3. The first-order valence-corrected chi connectivity index (χ1v) is 11.8. The summed E-state index contributed by atoms with van der Waals surface area (Å²) in [5.74, 6) is 3.08. The number of ether oxygens (including phenoxy) is 3. The summed E-state index contributed by atoms with van der Waals surface area (Å²) in [4.78, 5) is 14.0. The molecule has 2 aliphatic rings. The third-order valence-electron chi connectivity index (χ3n) is 6.28. The van der Waals surface area contributed by atoms with Crippen molar-refractivity contribution >= 4 is 28.6 Å². The van der Waals surface area contributed by atoms with Crippen LogP contribution in [0.15, 0.2) is 72.0 Å². The van der Waals surface area contributed by atoms with Gasteiger partial charge in [-0.3, -0.25) is 9.88 Å². The summed E-state index contributed by atoms with van der Waals surface area (Å²) in [6, 6.07) is 17.6. The van der Waals surface area contributed by atoms with E-state index in [9.17, 15) is 0 Å². The average Bonchev–Trinajstić information content (AvgIpc) is 3.38. The Kier molecular flexibility index (Phi) is 4.69. The molecule has 0 spiro atoms. The number of nitrogens with one attached hydrogen (secondary N) is 1. The van der Waals surface area contributed by atoms with Crippen LogP contribution in [0.3, 0.4) is 0 Å². The van der Waals surface area contributed by atoms with Crippen LogP contribution >= 0.6 is 0 Å². The number of rotatable bonds is 4. The van der Waals surface area contributed by atoms with Gasteiger partial charge in [-0.2, -0.15) is 0 Å². The monoisotopic (exact) mass is 481 g/mol. The van der Waals surface area contributed by atoms with Crippen molar-refractivity contribution < 1.29 is 14.2 Å². The van der Waals surface area contributed by atoms with Gasteiger partial charge >= 0.3 is 0 Å². The van der Waals surface area contributed by atoms with Crippen LogP contribution in [0.25, 0.3) is 16.7 Å². The van der Waals surface area contributed by atoms with Crippen LogP contribution in [-0.2, 0) is 6.61 Å². The first-order chi connectivity index (χ1) is 17.7. The summed E-state index contributed by atoms with van der Waals surface area (Å²) in [7, 11) is 0. The number of nitrogens with two attached hydrogens (primary N) is 1. The minimum absolute atomic E-state index is 0.309. The molecule has 0 aliphatic carbocycles. The Bertz CT molecular complexity index is 1590. The lowest BCUT2D eigenvalue weighted by Crippen LogP contribution is -2.31. The molecule has 10 nitrogen and oxygen atoms in total. The smallest absolute Gasteiger partial charge is 0.212 e. The molecule has 0 bridgehead atoms. The van der Waals surface area contributed by atoms with Gasteiger partial charge in [0.15, 0.2) is 23.6 Å². The quantitative estimate of drug-likeness (QED) is 0.402. The van der Waals surface area contributed by atoms with Gasteiger partial charge in [-0.25, -0.2) is 15.0 Å². The number of imidazole rings is 2. The molecule has 2 aliphatic heterocycles. The molecule has 1 unspecified atom stereocenters. The maximum Gasteiger partial charge on any atom is 0.212 e. The summed E-state index contributed by atoms with van der Waals surface area (Å²) in [5, 5.41) is 3.08. The Morgan fingerprint density at radius 2 is 1.86 bits per heavy atom. The van der Waals surface area contributed by atoms with Crippen LogP contribution in [0.1, 0.15) is 23.8 Å². The molecule has 0 radical (unpaired) electrons. The van der Waals surface area contributed by atoms with Crippen molar-refractivity contribution in [3.8, 4) is 17.2 Å². The van der Waals surface area contributed by atoms with Gasteiger partial charge in [0.25, 0.3) is 0 Å². The lowest BCUT2D eigenvalue weighted by molar-refractivity contribution is 0.297. The number of anilines is 1. The lowest BCUT2D eigenvalue weighted by atomic mass is 10.1. The van der Waals surface area contributed by atoms with E-state index in [2.05, 4.69) is 15.3 Å². The third kappa shape index (κ3) is 3.54. The highest BCUT2D eigenvalue weighted by Crippen LogP contribution is 2.39. The van der Waals surface area contributed by atoms with E-state index in [1.807, 2.05) is 76.0 Å². The fourth-order valence-corrected chi connectivity index (χ4v) is 4.60. The third-order valence-corrected chi connectivity index (χ3v) is 6.28. The predicted molar refractivity (Wildman–Crippen MR) is 135 cm³/mol. The minimum Gasteiger partial charge on any atom is -0.489 e. The fraction of sp³-hybridized carbons (Fsp3) is 0.192. The van der Waals surface area contributed by atoms with Crippen LogP contribution in [0, 0.1) is 0 Å². The van der Waals surface area contributed by atoms with Crippen molar-refractivity contribution in [3.63, 3.8) is 0 Å². The summed E-state index contributed by atoms with van der Waals surface area (Å²) in [5.41, 5.74) is 10.5. The Morgan fingerprint density at radius 1 is 1.03 bits per heavy atom. The molecule has 3 aromatic heterocycles. The molecular weight excluding hydrogens is 458 g/mol. The van der Waals surface area contributed by atoms with Crippen molar-refractivity contribution in [3.05, 3.63) is 78.2 Å². The van der Waals surface area contributed by atoms with E-state index < -0.39 is 0 Å². The van der Waals surface area contributed by atoms with Crippen molar-refractivity contribution in [1.29, 1.82) is 0 Å². The minimum atomic E-state index is -0.386. The molecule has 0 saturated heterocycles. The number of benzene rings is 2. The number of guanidine groups is 1. The van der Waals surface area contributed by atoms with Gasteiger partial charge < -0.3 is 24.3 Å². The van der Waals surface area contributed by atoms with Gasteiger partial charge in [0.1, 0.15) is 18.0 Å². The van der Waals surface area contributed by atoms with E-state index >= 15 is 0 Å². The van der Waals surface area contributed by atoms with E-state index in [1.165, 1.54) is 0 Å². The molecule has 0 amide bonds. The summed E-state index contributed by atoms with van der Waals surface area (Å²) in [6.45, 7) is 1.61. The largest absolute Gasteiger partial charge is 0.489 e. The molecule has 36 heavy (non-hydrogen) atoms. The van der Waals surface area contributed by atoms with Crippen LogP contribution in [0.5, 0.6) is 17.2 Å². The molecule has 7 rings (SSSR count). The van der Waals surface area contributed by atoms with Crippen molar-refractivity contribution in [2.24, 2.45) is 10.7 Å². The second kappa shape index (κ2) is 8.19. The highest BCUT2D eigenvalue weighted by molar-refractivity contribution is 5.95. The standard InChI is InChI=1S/C26H23N7O3/c27-25-30-24(33-20-13-22-21(34-10-3-11-35-22)12-19(20)29-26(33)31-25)16-5-7-18(8-6-16)36-15-17-14-32-9-2-1-4-23(32)28-17/h1-2,4-9,12-14,24H,3,10-11,15H2,(H3,27,29,30,31). The number of nitrogens with zero attached hydrogens (tertiary/aromatic N) is 5. The van der Waals surface area contributed by atoms with Gasteiger partial charge in [0, 0.05) is 30.9 Å². The molecule has 3 N–H and O–H groups in total. The highest BCUT2D eigenvalue weighted by atomic mass is 16.5. The number of aliphatic imine (C=N–C) groups is 1. The van der Waals surface area contributed by atoms with Crippen LogP contribution in [0.2, 0.25) is 0 Å². The Balaban J connectivity index is 1.18. The van der Waals surface area contributed by atoms with Crippen LogP contribution in [-0.4, -0.2) is 38.1 Å². The second-order valence-electron chi connectivity index (χ2n) is 8.71. The highest BCUT2D eigenvalue weighted by Gasteiger charge is 2.27. The molecule has 5 heterocycles. The molecule has 0 saturated carbocycles. The number of aromatic nitrogens is 4. The second-order valence-corrected chi connectivity index (χ2v) is 8.71. The van der Waals surface area contributed by atoms with Gasteiger partial charge in [-0.15, -0.1) is 0 Å². The van der Waals surface area contributed by atoms with E-state index in [4.69, 9.17) is 24.9 Å². The number of hydrogen-bond acceptors (Lipinski definition) is 8. The van der Waals surface area contributed by atoms with Crippen molar-refractivity contribution in [2.75, 3.05) is 18.5 Å². The zero-order chi connectivity index (χ0) is 24.1. The van der Waals surface area contributed by atoms with Gasteiger partial charge in [-0.1, -0.05) is 18.2 Å². The number of pyridine rings is 1. The molecule has 180 valence electrons. The van der Waals surface area contributed by atoms with E-state index in [0.29, 0.717) is 43.2 Å². The van der Waals surface area contributed by atoms with E-state index in [-0.39, 0.29) is 6.17 Å². The lowest BCUT2D eigenvalue weighted by Gasteiger charge is -2.24. The SMILES string of the molecule is NC1=NC(c2ccc(OCc3cn4ccccc4n3)cc2)n2c(nc3cc4c(cc32)OCCCO4)N1.